The summed E-state index contributed by atoms with van der Waals surface area (Å²) in [5.74, 6) is 0.807. The molecule has 2 rings (SSSR count). The van der Waals surface area contributed by atoms with E-state index in [0.717, 1.165) is 11.3 Å². The van der Waals surface area contributed by atoms with Gasteiger partial charge in [0.2, 0.25) is 0 Å². The highest BCUT2D eigenvalue weighted by molar-refractivity contribution is 7.98. The molecular weight excluding hydrogens is 220 g/mol. The Morgan fingerprint density at radius 1 is 1.25 bits per heavy atom. The summed E-state index contributed by atoms with van der Waals surface area (Å²) < 4.78 is 5.21. The minimum Gasteiger partial charge on any atom is -0.469 e. The normalized spacial score (nSPS) is 12.6. The molecule has 0 spiro atoms. The van der Waals surface area contributed by atoms with Crippen LogP contribution in [0, 0.1) is 0 Å². The summed E-state index contributed by atoms with van der Waals surface area (Å²) in [7, 11) is 0. The van der Waals surface area contributed by atoms with Gasteiger partial charge >= 0.3 is 0 Å². The topological polar surface area (TPSA) is 33.4 Å². The van der Waals surface area contributed by atoms with Crippen LogP contribution in [0.3, 0.4) is 0 Å². The van der Waals surface area contributed by atoms with Gasteiger partial charge < -0.3 is 9.52 Å². The molecule has 0 saturated carbocycles. The van der Waals surface area contributed by atoms with Gasteiger partial charge in [-0.25, -0.2) is 0 Å². The fraction of sp³-hybridized carbons (Fsp3) is 0.231. The Morgan fingerprint density at radius 3 is 2.56 bits per heavy atom. The van der Waals surface area contributed by atoms with Gasteiger partial charge in [0.1, 0.15) is 5.76 Å². The first-order valence-corrected chi connectivity index (χ1v) is 6.36. The van der Waals surface area contributed by atoms with Crippen LogP contribution in [0.5, 0.6) is 0 Å². The van der Waals surface area contributed by atoms with E-state index in [1.54, 1.807) is 18.0 Å². The average molecular weight is 234 g/mol. The first-order valence-electron chi connectivity index (χ1n) is 5.14. The lowest BCUT2D eigenvalue weighted by atomic mass is 10.1. The third-order valence-corrected chi connectivity index (χ3v) is 3.22. The van der Waals surface area contributed by atoms with Crippen LogP contribution >= 0.6 is 11.8 Å². The molecule has 0 radical (unpaired) electrons. The monoisotopic (exact) mass is 234 g/mol. The van der Waals surface area contributed by atoms with E-state index >= 15 is 0 Å². The zero-order chi connectivity index (χ0) is 11.4. The maximum Gasteiger partial charge on any atom is 0.106 e. The maximum absolute atomic E-state index is 9.99. The van der Waals surface area contributed by atoms with Gasteiger partial charge in [-0.1, -0.05) is 12.1 Å². The summed E-state index contributed by atoms with van der Waals surface area (Å²) in [5, 5.41) is 9.99. The van der Waals surface area contributed by atoms with E-state index in [4.69, 9.17) is 4.42 Å². The third kappa shape index (κ3) is 2.68. The molecule has 1 heterocycles. The minimum absolute atomic E-state index is 0.498. The fourth-order valence-electron chi connectivity index (χ4n) is 1.56. The van der Waals surface area contributed by atoms with E-state index < -0.39 is 6.10 Å². The highest BCUT2D eigenvalue weighted by Gasteiger charge is 2.09. The van der Waals surface area contributed by atoms with Gasteiger partial charge in [-0.2, -0.15) is 0 Å². The number of aliphatic hydroxyl groups is 1. The van der Waals surface area contributed by atoms with E-state index in [9.17, 15) is 5.11 Å². The predicted molar refractivity (Wildman–Crippen MR) is 65.6 cm³/mol. The Balaban J connectivity index is 2.05. The molecule has 0 bridgehead atoms. The average Bonchev–Trinajstić information content (AvgIpc) is 2.82. The number of furan rings is 1. The minimum atomic E-state index is -0.498. The van der Waals surface area contributed by atoms with Crippen molar-refractivity contribution >= 4 is 11.8 Å². The summed E-state index contributed by atoms with van der Waals surface area (Å²) >= 11 is 1.69. The Hall–Kier alpha value is -1.19. The van der Waals surface area contributed by atoms with Gasteiger partial charge in [0, 0.05) is 11.3 Å². The largest absolute Gasteiger partial charge is 0.469 e. The van der Waals surface area contributed by atoms with Crippen LogP contribution < -0.4 is 0 Å². The van der Waals surface area contributed by atoms with Gasteiger partial charge in [0.05, 0.1) is 12.4 Å². The lowest BCUT2D eigenvalue weighted by Gasteiger charge is -2.09. The van der Waals surface area contributed by atoms with Crippen molar-refractivity contribution in [3.05, 3.63) is 54.0 Å². The Kier molecular flexibility index (Phi) is 3.70. The molecule has 1 aromatic carbocycles. The first kappa shape index (κ1) is 11.3. The summed E-state index contributed by atoms with van der Waals surface area (Å²) in [6, 6.07) is 11.7. The van der Waals surface area contributed by atoms with Crippen molar-refractivity contribution in [2.24, 2.45) is 0 Å². The SMILES string of the molecule is CSc1ccc(C(O)Cc2ccco2)cc1. The van der Waals surface area contributed by atoms with Gasteiger partial charge in [-0.15, -0.1) is 11.8 Å². The molecule has 1 N–H and O–H groups in total. The van der Waals surface area contributed by atoms with E-state index in [1.165, 1.54) is 4.90 Å². The predicted octanol–water partition coefficient (Wildman–Crippen LogP) is 3.28. The number of hydrogen-bond donors (Lipinski definition) is 1. The number of aliphatic hydroxyl groups excluding tert-OH is 1. The maximum atomic E-state index is 9.99. The zero-order valence-electron chi connectivity index (χ0n) is 9.09. The summed E-state index contributed by atoms with van der Waals surface area (Å²) in [6.07, 6.45) is 3.68. The molecule has 0 aliphatic carbocycles. The van der Waals surface area contributed by atoms with Crippen LogP contribution in [0.4, 0.5) is 0 Å². The molecule has 0 amide bonds. The Labute approximate surface area is 99.3 Å². The quantitative estimate of drug-likeness (QED) is 0.824. The molecule has 0 aliphatic heterocycles. The van der Waals surface area contributed by atoms with Crippen molar-refractivity contribution in [2.75, 3.05) is 6.26 Å². The molecule has 1 atom stereocenters. The van der Waals surface area contributed by atoms with Crippen molar-refractivity contribution in [3.8, 4) is 0 Å². The van der Waals surface area contributed by atoms with Crippen LogP contribution in [0.15, 0.2) is 52.0 Å². The van der Waals surface area contributed by atoms with Crippen molar-refractivity contribution in [2.45, 2.75) is 17.4 Å². The van der Waals surface area contributed by atoms with E-state index in [2.05, 4.69) is 0 Å². The molecular formula is C13H14O2S. The fourth-order valence-corrected chi connectivity index (χ4v) is 1.97. The van der Waals surface area contributed by atoms with E-state index in [0.29, 0.717) is 6.42 Å². The molecule has 0 aliphatic rings. The molecule has 2 aromatic rings. The second-order valence-electron chi connectivity index (χ2n) is 3.57. The van der Waals surface area contributed by atoms with Gasteiger partial charge in [0.15, 0.2) is 0 Å². The molecule has 0 saturated heterocycles. The number of thioether (sulfide) groups is 1. The van der Waals surface area contributed by atoms with Crippen molar-refractivity contribution in [3.63, 3.8) is 0 Å². The smallest absolute Gasteiger partial charge is 0.106 e. The van der Waals surface area contributed by atoms with E-state index in [1.807, 2.05) is 42.7 Å². The van der Waals surface area contributed by atoms with Gasteiger partial charge in [-0.3, -0.25) is 0 Å². The summed E-state index contributed by atoms with van der Waals surface area (Å²) in [6.45, 7) is 0. The number of benzene rings is 1. The van der Waals surface area contributed by atoms with Crippen molar-refractivity contribution in [1.29, 1.82) is 0 Å². The third-order valence-electron chi connectivity index (χ3n) is 2.48. The molecule has 1 unspecified atom stereocenters. The van der Waals surface area contributed by atoms with Crippen molar-refractivity contribution in [1.82, 2.24) is 0 Å². The van der Waals surface area contributed by atoms with E-state index in [-0.39, 0.29) is 0 Å². The number of hydrogen-bond acceptors (Lipinski definition) is 3. The molecule has 84 valence electrons. The highest BCUT2D eigenvalue weighted by atomic mass is 32.2. The Bertz CT molecular complexity index is 420. The lowest BCUT2D eigenvalue weighted by Crippen LogP contribution is -2.00. The van der Waals surface area contributed by atoms with Gasteiger partial charge in [-0.05, 0) is 36.1 Å². The van der Waals surface area contributed by atoms with Crippen LogP contribution in [-0.4, -0.2) is 11.4 Å². The summed E-state index contributed by atoms with van der Waals surface area (Å²) in [4.78, 5) is 1.20. The highest BCUT2D eigenvalue weighted by Crippen LogP contribution is 2.21. The van der Waals surface area contributed by atoms with Crippen LogP contribution in [0.1, 0.15) is 17.4 Å². The number of rotatable bonds is 4. The first-order chi connectivity index (χ1) is 7.79. The van der Waals surface area contributed by atoms with Crippen molar-refractivity contribution < 1.29 is 9.52 Å². The lowest BCUT2D eigenvalue weighted by molar-refractivity contribution is 0.170. The van der Waals surface area contributed by atoms with Crippen LogP contribution in [-0.2, 0) is 6.42 Å². The summed E-state index contributed by atoms with van der Waals surface area (Å²) in [5.41, 5.74) is 0.925. The molecule has 1 aromatic heterocycles. The molecule has 2 nitrogen and oxygen atoms in total. The standard InChI is InChI=1S/C13H14O2S/c1-16-12-6-4-10(5-7-12)13(14)9-11-3-2-8-15-11/h2-8,13-14H,9H2,1H3. The second-order valence-corrected chi connectivity index (χ2v) is 4.45. The van der Waals surface area contributed by atoms with Gasteiger partial charge in [0.25, 0.3) is 0 Å². The zero-order valence-corrected chi connectivity index (χ0v) is 9.91. The molecule has 3 heteroatoms. The molecule has 16 heavy (non-hydrogen) atoms. The molecule has 0 fully saturated rings. The second kappa shape index (κ2) is 5.23. The van der Waals surface area contributed by atoms with Crippen LogP contribution in [0.25, 0.3) is 0 Å². The Morgan fingerprint density at radius 2 is 2.00 bits per heavy atom. The van der Waals surface area contributed by atoms with Crippen LogP contribution in [0.2, 0.25) is 0 Å².